The first-order valence-electron chi connectivity index (χ1n) is 10.9. The standard InChI is InChI=1S/C25H24ClF3N2O5S/c1-35-22-5-3-4-6-23(22)36-14-13-30-24(32)18-9-7-17(8-10-18)16-31(37(2,33)34)19-11-12-21(26)20(15-19)25(27,28)29/h3-12,15H,13-14,16H2,1-2H3,(H,30,32). The Balaban J connectivity index is 1.65. The van der Waals surface area contributed by atoms with Gasteiger partial charge in [-0.3, -0.25) is 9.10 Å². The largest absolute Gasteiger partial charge is 0.493 e. The van der Waals surface area contributed by atoms with Gasteiger partial charge in [-0.15, -0.1) is 0 Å². The zero-order valence-electron chi connectivity index (χ0n) is 19.9. The lowest BCUT2D eigenvalue weighted by atomic mass is 10.1. The van der Waals surface area contributed by atoms with Gasteiger partial charge in [-0.05, 0) is 48.0 Å². The van der Waals surface area contributed by atoms with E-state index in [0.717, 1.165) is 16.6 Å². The van der Waals surface area contributed by atoms with Gasteiger partial charge in [0, 0.05) is 5.56 Å². The molecule has 3 aromatic carbocycles. The molecule has 0 saturated heterocycles. The van der Waals surface area contributed by atoms with E-state index in [4.69, 9.17) is 21.1 Å². The molecule has 0 fully saturated rings. The topological polar surface area (TPSA) is 84.9 Å². The summed E-state index contributed by atoms with van der Waals surface area (Å²) in [5, 5.41) is 2.18. The number of anilines is 1. The van der Waals surface area contributed by atoms with Crippen LogP contribution in [0.4, 0.5) is 18.9 Å². The molecule has 0 aliphatic rings. The Hall–Kier alpha value is -3.44. The first-order valence-corrected chi connectivity index (χ1v) is 13.1. The summed E-state index contributed by atoms with van der Waals surface area (Å²) in [5.41, 5.74) is -0.541. The fourth-order valence-corrected chi connectivity index (χ4v) is 4.48. The number of carbonyl (C=O) groups is 1. The smallest absolute Gasteiger partial charge is 0.417 e. The van der Waals surface area contributed by atoms with Crippen molar-refractivity contribution < 1.29 is 35.9 Å². The van der Waals surface area contributed by atoms with E-state index < -0.39 is 26.8 Å². The first-order chi connectivity index (χ1) is 17.4. The highest BCUT2D eigenvalue weighted by molar-refractivity contribution is 7.92. The molecule has 3 aromatic rings. The third-order valence-electron chi connectivity index (χ3n) is 5.20. The number of nitrogens with zero attached hydrogens (tertiary/aromatic N) is 1. The number of carbonyl (C=O) groups excluding carboxylic acids is 1. The van der Waals surface area contributed by atoms with Crippen LogP contribution in [0.1, 0.15) is 21.5 Å². The van der Waals surface area contributed by atoms with E-state index in [-0.39, 0.29) is 31.3 Å². The summed E-state index contributed by atoms with van der Waals surface area (Å²) in [5.74, 6) is 0.741. The normalized spacial score (nSPS) is 11.6. The Kier molecular flexibility index (Phi) is 8.93. The summed E-state index contributed by atoms with van der Waals surface area (Å²) in [7, 11) is -2.41. The van der Waals surface area contributed by atoms with Crippen molar-refractivity contribution in [3.8, 4) is 11.5 Å². The number of benzene rings is 3. The number of alkyl halides is 3. The van der Waals surface area contributed by atoms with Crippen molar-refractivity contribution in [1.82, 2.24) is 5.32 Å². The first kappa shape index (κ1) is 28.1. The Morgan fingerprint density at radius 2 is 1.68 bits per heavy atom. The monoisotopic (exact) mass is 556 g/mol. The lowest BCUT2D eigenvalue weighted by Gasteiger charge is -2.24. The Morgan fingerprint density at radius 3 is 2.27 bits per heavy atom. The quantitative estimate of drug-likeness (QED) is 0.349. The highest BCUT2D eigenvalue weighted by atomic mass is 35.5. The van der Waals surface area contributed by atoms with Gasteiger partial charge in [0.2, 0.25) is 10.0 Å². The Labute approximate surface area is 217 Å². The number of nitrogens with one attached hydrogen (secondary N) is 1. The number of ether oxygens (including phenoxy) is 2. The summed E-state index contributed by atoms with van der Waals surface area (Å²) in [6.45, 7) is 0.180. The fourth-order valence-electron chi connectivity index (χ4n) is 3.38. The number of rotatable bonds is 10. The highest BCUT2D eigenvalue weighted by Crippen LogP contribution is 2.37. The van der Waals surface area contributed by atoms with Crippen LogP contribution in [0, 0.1) is 0 Å². The van der Waals surface area contributed by atoms with Crippen molar-refractivity contribution in [3.05, 3.63) is 88.4 Å². The van der Waals surface area contributed by atoms with Gasteiger partial charge in [0.05, 0.1) is 42.7 Å². The van der Waals surface area contributed by atoms with Crippen molar-refractivity contribution in [2.24, 2.45) is 0 Å². The summed E-state index contributed by atoms with van der Waals surface area (Å²) in [4.78, 5) is 12.4. The SMILES string of the molecule is COc1ccccc1OCCNC(=O)c1ccc(CN(c2ccc(Cl)c(C(F)(F)F)c2)S(C)(=O)=O)cc1. The molecule has 1 N–H and O–H groups in total. The Bertz CT molecular complexity index is 1350. The number of methoxy groups -OCH3 is 1. The lowest BCUT2D eigenvalue weighted by Crippen LogP contribution is -2.30. The van der Waals surface area contributed by atoms with Crippen LogP contribution in [-0.2, 0) is 22.7 Å². The number of para-hydroxylation sites is 2. The fraction of sp³-hybridized carbons (Fsp3) is 0.240. The van der Waals surface area contributed by atoms with Crippen molar-refractivity contribution in [2.75, 3.05) is 30.8 Å². The number of sulfonamides is 1. The van der Waals surface area contributed by atoms with Crippen LogP contribution in [0.25, 0.3) is 0 Å². The van der Waals surface area contributed by atoms with Gasteiger partial charge in [0.1, 0.15) is 6.61 Å². The van der Waals surface area contributed by atoms with Crippen LogP contribution < -0.4 is 19.1 Å². The van der Waals surface area contributed by atoms with Gasteiger partial charge in [-0.1, -0.05) is 35.9 Å². The van der Waals surface area contributed by atoms with E-state index in [9.17, 15) is 26.4 Å². The Morgan fingerprint density at radius 1 is 1.03 bits per heavy atom. The van der Waals surface area contributed by atoms with Crippen molar-refractivity contribution in [2.45, 2.75) is 12.7 Å². The molecule has 12 heteroatoms. The van der Waals surface area contributed by atoms with E-state index in [1.165, 1.54) is 37.4 Å². The van der Waals surface area contributed by atoms with Crippen LogP contribution in [0.15, 0.2) is 66.7 Å². The summed E-state index contributed by atoms with van der Waals surface area (Å²) < 4.78 is 76.2. The minimum absolute atomic E-state index is 0.184. The molecule has 0 aromatic heterocycles. The maximum Gasteiger partial charge on any atom is 0.417 e. The number of amides is 1. The van der Waals surface area contributed by atoms with E-state index in [1.807, 2.05) is 6.07 Å². The molecule has 37 heavy (non-hydrogen) atoms. The van der Waals surface area contributed by atoms with Crippen LogP contribution in [0.2, 0.25) is 5.02 Å². The second-order valence-electron chi connectivity index (χ2n) is 7.88. The van der Waals surface area contributed by atoms with Gasteiger partial charge < -0.3 is 14.8 Å². The molecule has 0 heterocycles. The molecule has 0 spiro atoms. The summed E-state index contributed by atoms with van der Waals surface area (Å²) >= 11 is 5.66. The molecular formula is C25H24ClF3N2O5S. The molecule has 0 bridgehead atoms. The van der Waals surface area contributed by atoms with E-state index in [2.05, 4.69) is 5.32 Å². The average Bonchev–Trinajstić information content (AvgIpc) is 2.84. The number of halogens is 4. The summed E-state index contributed by atoms with van der Waals surface area (Å²) in [6.07, 6.45) is -3.85. The molecule has 7 nitrogen and oxygen atoms in total. The molecule has 1 amide bonds. The van der Waals surface area contributed by atoms with Gasteiger partial charge in [0.15, 0.2) is 11.5 Å². The molecule has 0 aliphatic carbocycles. The molecule has 0 aliphatic heterocycles. The molecule has 0 radical (unpaired) electrons. The zero-order valence-corrected chi connectivity index (χ0v) is 21.5. The predicted molar refractivity (Wildman–Crippen MR) is 135 cm³/mol. The lowest BCUT2D eigenvalue weighted by molar-refractivity contribution is -0.137. The molecule has 3 rings (SSSR count). The number of hydrogen-bond acceptors (Lipinski definition) is 5. The molecule has 0 saturated carbocycles. The molecular weight excluding hydrogens is 533 g/mol. The maximum atomic E-state index is 13.3. The summed E-state index contributed by atoms with van der Waals surface area (Å²) in [6, 6.07) is 16.0. The van der Waals surface area contributed by atoms with Crippen molar-refractivity contribution in [1.29, 1.82) is 0 Å². The highest BCUT2D eigenvalue weighted by Gasteiger charge is 2.34. The third-order valence-corrected chi connectivity index (χ3v) is 6.67. The number of hydrogen-bond donors (Lipinski definition) is 1. The zero-order chi connectivity index (χ0) is 27.2. The van der Waals surface area contributed by atoms with E-state index in [1.54, 1.807) is 18.2 Å². The molecule has 0 atom stereocenters. The van der Waals surface area contributed by atoms with Gasteiger partial charge in [-0.25, -0.2) is 8.42 Å². The molecule has 198 valence electrons. The van der Waals surface area contributed by atoms with Crippen LogP contribution in [-0.4, -0.2) is 40.8 Å². The van der Waals surface area contributed by atoms with Crippen LogP contribution >= 0.6 is 11.6 Å². The predicted octanol–water partition coefficient (Wildman–Crippen LogP) is 5.14. The maximum absolute atomic E-state index is 13.3. The van der Waals surface area contributed by atoms with E-state index in [0.29, 0.717) is 28.7 Å². The van der Waals surface area contributed by atoms with Crippen LogP contribution in [0.3, 0.4) is 0 Å². The third kappa shape index (κ3) is 7.53. The second-order valence-corrected chi connectivity index (χ2v) is 10.2. The van der Waals surface area contributed by atoms with Crippen molar-refractivity contribution >= 4 is 33.2 Å². The second kappa shape index (κ2) is 11.7. The average molecular weight is 557 g/mol. The van der Waals surface area contributed by atoms with Gasteiger partial charge in [0.25, 0.3) is 5.91 Å². The van der Waals surface area contributed by atoms with E-state index >= 15 is 0 Å². The minimum atomic E-state index is -4.75. The molecule has 0 unspecified atom stereocenters. The van der Waals surface area contributed by atoms with Crippen molar-refractivity contribution in [3.63, 3.8) is 0 Å². The minimum Gasteiger partial charge on any atom is -0.493 e. The van der Waals surface area contributed by atoms with Gasteiger partial charge >= 0.3 is 6.18 Å². The van der Waals surface area contributed by atoms with Crippen LogP contribution in [0.5, 0.6) is 11.5 Å². The van der Waals surface area contributed by atoms with Gasteiger partial charge in [-0.2, -0.15) is 13.2 Å².